The summed E-state index contributed by atoms with van der Waals surface area (Å²) in [5, 5.41) is 10.6. The fraction of sp³-hybridized carbons (Fsp3) is 0.111. The van der Waals surface area contributed by atoms with Crippen LogP contribution in [0.5, 0.6) is 0 Å². The Labute approximate surface area is 284 Å². The molecule has 0 amide bonds. The topological polar surface area (TPSA) is 38.5 Å². The molecule has 0 saturated carbocycles. The van der Waals surface area contributed by atoms with Crippen molar-refractivity contribution < 1.29 is 5.32 Å². The van der Waals surface area contributed by atoms with E-state index in [1.165, 1.54) is 88.9 Å². The zero-order valence-corrected chi connectivity index (χ0v) is 27.3. The van der Waals surface area contributed by atoms with Crippen LogP contribution in [0.4, 0.5) is 11.4 Å². The summed E-state index contributed by atoms with van der Waals surface area (Å²) in [7, 11) is 0. The highest BCUT2D eigenvalue weighted by Gasteiger charge is 2.49. The van der Waals surface area contributed by atoms with Crippen molar-refractivity contribution in [3.8, 4) is 16.8 Å². The standard InChI is InChI=1S/C45H34N4/c1-27-24-35-33-17-9-11-19-39(33)49-44(35)42(43-45(49)47-37-26-29(20-22-36(37)46-43)28-12-4-2-5-13-28)41(27)30-21-23-40-34(25-30)32-16-8-10-18-38(32)48(40)31-14-6-3-7-15-31/h2-23,25-27,43,45-47H,24H2,1H3/p+1. The minimum Gasteiger partial charge on any atom is -0.366 e. The molecule has 0 bridgehead atoms. The van der Waals surface area contributed by atoms with E-state index in [1.807, 2.05) is 0 Å². The zero-order valence-electron chi connectivity index (χ0n) is 27.3. The number of hydrogen-bond acceptors (Lipinski definition) is 1. The van der Waals surface area contributed by atoms with E-state index in [9.17, 15) is 0 Å². The predicted molar refractivity (Wildman–Crippen MR) is 202 cm³/mol. The summed E-state index contributed by atoms with van der Waals surface area (Å²) >= 11 is 0. The first kappa shape index (κ1) is 27.1. The van der Waals surface area contributed by atoms with E-state index >= 15 is 0 Å². The summed E-state index contributed by atoms with van der Waals surface area (Å²) in [4.78, 5) is 0. The molecule has 4 heterocycles. The van der Waals surface area contributed by atoms with Gasteiger partial charge in [-0.2, -0.15) is 0 Å². The highest BCUT2D eigenvalue weighted by Crippen LogP contribution is 2.53. The average Bonchev–Trinajstić information content (AvgIpc) is 3.78. The highest BCUT2D eigenvalue weighted by molar-refractivity contribution is 6.12. The smallest absolute Gasteiger partial charge is 0.195 e. The van der Waals surface area contributed by atoms with Crippen molar-refractivity contribution in [2.45, 2.75) is 25.6 Å². The summed E-state index contributed by atoms with van der Waals surface area (Å²) < 4.78 is 5.07. The van der Waals surface area contributed by atoms with Crippen LogP contribution in [0.15, 0.2) is 146 Å². The molecule has 3 N–H and O–H groups in total. The number of allylic oxidation sites excluding steroid dienone is 1. The van der Waals surface area contributed by atoms with Crippen LogP contribution in [0.3, 0.4) is 0 Å². The number of rotatable bonds is 3. The third-order valence-electron chi connectivity index (χ3n) is 11.3. The molecule has 3 atom stereocenters. The summed E-state index contributed by atoms with van der Waals surface area (Å²) in [5.74, 6) is 0.379. The number of nitrogens with one attached hydrogen (secondary N) is 1. The van der Waals surface area contributed by atoms with Crippen LogP contribution in [0.1, 0.15) is 29.9 Å². The van der Waals surface area contributed by atoms with Crippen LogP contribution in [0, 0.1) is 5.92 Å². The minimum absolute atomic E-state index is 0.160. The van der Waals surface area contributed by atoms with Crippen LogP contribution in [0.25, 0.3) is 60.7 Å². The fourth-order valence-electron chi connectivity index (χ4n) is 9.33. The quantitative estimate of drug-likeness (QED) is 0.187. The Kier molecular flexibility index (Phi) is 5.59. The largest absolute Gasteiger partial charge is 0.366 e. The van der Waals surface area contributed by atoms with Gasteiger partial charge in [0.05, 0.1) is 27.9 Å². The number of fused-ring (bicyclic) bond motifs is 10. The van der Waals surface area contributed by atoms with Gasteiger partial charge in [0.2, 0.25) is 0 Å². The first-order chi connectivity index (χ1) is 24.2. The SMILES string of the molecule is CC1Cc2c3n(c4ccccc24)C2[NH2+]c4cc(-c5ccccc5)ccc4NC2C3=C1c1ccc2c(c1)c1ccccc1n2-c1ccccc1. The molecule has 3 aliphatic rings. The van der Waals surface area contributed by atoms with Crippen LogP contribution < -0.4 is 10.6 Å². The third-order valence-corrected chi connectivity index (χ3v) is 11.3. The molecule has 4 nitrogen and oxygen atoms in total. The number of aromatic nitrogens is 2. The van der Waals surface area contributed by atoms with Crippen LogP contribution in [0.2, 0.25) is 0 Å². The first-order valence-corrected chi connectivity index (χ1v) is 17.5. The van der Waals surface area contributed by atoms with Gasteiger partial charge >= 0.3 is 0 Å². The van der Waals surface area contributed by atoms with E-state index in [0.717, 1.165) is 6.42 Å². The molecule has 49 heavy (non-hydrogen) atoms. The normalized spacial score (nSPS) is 19.2. The molecule has 0 spiro atoms. The Balaban J connectivity index is 1.14. The van der Waals surface area contributed by atoms with Crippen LogP contribution in [-0.4, -0.2) is 15.2 Å². The number of quaternary nitrogens is 1. The van der Waals surface area contributed by atoms with E-state index in [2.05, 4.69) is 172 Å². The minimum atomic E-state index is 0.160. The maximum Gasteiger partial charge on any atom is 0.195 e. The molecule has 234 valence electrons. The summed E-state index contributed by atoms with van der Waals surface area (Å²) in [6, 6.07) is 53.7. The lowest BCUT2D eigenvalue weighted by atomic mass is 9.76. The Morgan fingerprint density at radius 3 is 2.12 bits per heavy atom. The van der Waals surface area contributed by atoms with Gasteiger partial charge in [-0.15, -0.1) is 0 Å². The number of nitrogens with two attached hydrogens (primary N) is 1. The van der Waals surface area contributed by atoms with E-state index < -0.39 is 0 Å². The van der Waals surface area contributed by atoms with E-state index in [0.29, 0.717) is 5.92 Å². The van der Waals surface area contributed by atoms with Crippen molar-refractivity contribution in [3.05, 3.63) is 162 Å². The Bertz CT molecular complexity index is 2660. The average molecular weight is 632 g/mol. The lowest BCUT2D eigenvalue weighted by Gasteiger charge is -2.32. The number of para-hydroxylation sites is 3. The van der Waals surface area contributed by atoms with E-state index in [1.54, 1.807) is 0 Å². The Hall–Kier alpha value is -5.84. The van der Waals surface area contributed by atoms with Gasteiger partial charge in [0, 0.05) is 33.5 Å². The van der Waals surface area contributed by atoms with Crippen molar-refractivity contribution >= 4 is 55.2 Å². The molecule has 2 aliphatic heterocycles. The van der Waals surface area contributed by atoms with Crippen molar-refractivity contribution in [3.63, 3.8) is 0 Å². The second-order valence-corrected chi connectivity index (χ2v) is 14.0. The van der Waals surface area contributed by atoms with Crippen molar-refractivity contribution in [2.24, 2.45) is 5.92 Å². The lowest BCUT2D eigenvalue weighted by Crippen LogP contribution is -2.85. The Morgan fingerprint density at radius 1 is 0.592 bits per heavy atom. The third kappa shape index (κ3) is 3.78. The summed E-state index contributed by atoms with van der Waals surface area (Å²) in [5.41, 5.74) is 17.2. The van der Waals surface area contributed by atoms with Gasteiger partial charge in [-0.25, -0.2) is 0 Å². The molecule has 1 aliphatic carbocycles. The molecular weight excluding hydrogens is 597 g/mol. The second-order valence-electron chi connectivity index (χ2n) is 14.0. The molecular formula is C45H35N4+. The number of nitrogens with zero attached hydrogens (tertiary/aromatic N) is 2. The lowest BCUT2D eigenvalue weighted by molar-refractivity contribution is -0.635. The number of hydrogen-bond donors (Lipinski definition) is 2. The summed E-state index contributed by atoms with van der Waals surface area (Å²) in [6.07, 6.45) is 1.22. The first-order valence-electron chi connectivity index (χ1n) is 17.5. The highest BCUT2D eigenvalue weighted by atomic mass is 15.3. The molecule has 0 radical (unpaired) electrons. The van der Waals surface area contributed by atoms with E-state index in [4.69, 9.17) is 0 Å². The molecule has 2 aromatic heterocycles. The maximum atomic E-state index is 4.10. The molecule has 3 unspecified atom stereocenters. The molecule has 6 aromatic carbocycles. The molecule has 11 rings (SSSR count). The predicted octanol–water partition coefficient (Wildman–Crippen LogP) is 9.71. The van der Waals surface area contributed by atoms with Crippen molar-refractivity contribution in [1.29, 1.82) is 0 Å². The fourth-order valence-corrected chi connectivity index (χ4v) is 9.33. The summed E-state index contributed by atoms with van der Waals surface area (Å²) in [6.45, 7) is 2.44. The maximum absolute atomic E-state index is 4.10. The van der Waals surface area contributed by atoms with Gasteiger partial charge in [0.25, 0.3) is 0 Å². The van der Waals surface area contributed by atoms with Gasteiger partial charge in [0.15, 0.2) is 11.9 Å². The van der Waals surface area contributed by atoms with Gasteiger partial charge in [-0.05, 0) is 82.6 Å². The molecule has 4 heteroatoms. The van der Waals surface area contributed by atoms with E-state index in [-0.39, 0.29) is 12.2 Å². The van der Waals surface area contributed by atoms with Crippen molar-refractivity contribution in [1.82, 2.24) is 9.13 Å². The molecule has 8 aromatic rings. The monoisotopic (exact) mass is 631 g/mol. The second kappa shape index (κ2) is 10.1. The Morgan fingerprint density at radius 2 is 1.29 bits per heavy atom. The number of benzene rings is 6. The van der Waals surface area contributed by atoms with Gasteiger partial charge < -0.3 is 9.88 Å². The molecule has 0 fully saturated rings. The number of anilines is 1. The van der Waals surface area contributed by atoms with Gasteiger partial charge in [0.1, 0.15) is 6.04 Å². The van der Waals surface area contributed by atoms with Gasteiger partial charge in [-0.3, -0.25) is 9.88 Å². The zero-order chi connectivity index (χ0) is 32.2. The van der Waals surface area contributed by atoms with Crippen LogP contribution >= 0.6 is 0 Å². The van der Waals surface area contributed by atoms with Gasteiger partial charge in [-0.1, -0.05) is 104 Å². The van der Waals surface area contributed by atoms with Crippen molar-refractivity contribution in [2.75, 3.05) is 5.32 Å². The molecule has 0 saturated heterocycles. The van der Waals surface area contributed by atoms with Crippen LogP contribution in [-0.2, 0) is 6.42 Å².